The lowest BCUT2D eigenvalue weighted by Crippen LogP contribution is -2.25. The minimum Gasteiger partial charge on any atom is -0.465 e. The molecular formula is C22H20F3N5O. The summed E-state index contributed by atoms with van der Waals surface area (Å²) in [6.45, 7) is 1.30. The van der Waals surface area contributed by atoms with Crippen molar-refractivity contribution in [2.24, 2.45) is 4.99 Å². The van der Waals surface area contributed by atoms with E-state index < -0.39 is 23.8 Å². The summed E-state index contributed by atoms with van der Waals surface area (Å²) >= 11 is 0. The first-order chi connectivity index (χ1) is 15.1. The molecule has 1 N–H and O–H groups in total. The highest BCUT2D eigenvalue weighted by atomic mass is 19.1. The summed E-state index contributed by atoms with van der Waals surface area (Å²) in [4.78, 5) is 15.0. The van der Waals surface area contributed by atoms with Crippen LogP contribution in [0.3, 0.4) is 0 Å². The second kappa shape index (κ2) is 8.05. The Morgan fingerprint density at radius 2 is 2.03 bits per heavy atom. The minimum absolute atomic E-state index is 0.0397. The number of aliphatic imine (C=N–C) groups is 1. The number of nitrogens with one attached hydrogen (secondary N) is 1. The van der Waals surface area contributed by atoms with Crippen LogP contribution in [0.5, 0.6) is 0 Å². The second-order valence-electron chi connectivity index (χ2n) is 7.58. The molecule has 9 heteroatoms. The lowest BCUT2D eigenvalue weighted by molar-refractivity contribution is 0.282. The molecule has 2 atom stereocenters. The monoisotopic (exact) mass is 427 g/mol. The third kappa shape index (κ3) is 3.87. The van der Waals surface area contributed by atoms with Crippen molar-refractivity contribution in [3.8, 4) is 0 Å². The van der Waals surface area contributed by atoms with Crippen LogP contribution in [0, 0.1) is 11.6 Å². The summed E-state index contributed by atoms with van der Waals surface area (Å²) in [6, 6.07) is 8.25. The van der Waals surface area contributed by atoms with Crippen molar-refractivity contribution in [2.75, 3.05) is 29.9 Å². The first kappa shape index (κ1) is 19.6. The van der Waals surface area contributed by atoms with E-state index in [0.717, 1.165) is 24.6 Å². The molecular weight excluding hydrogens is 407 g/mol. The third-order valence-corrected chi connectivity index (χ3v) is 5.47. The molecule has 0 aliphatic carbocycles. The standard InChI is InChI=1S/C22H20F3N5O/c23-13-2-3-16(25)15(10-13)19-11-14(24)12-30(19)20-5-4-17-21(29-20)18(6-8-26-17)28-22-27-7-1-9-31-22/h2-6,8,10,14,19H,1,7,9,11-12H2,(H,26,27,28)/t14-,19?/m0/s1. The summed E-state index contributed by atoms with van der Waals surface area (Å²) in [7, 11) is 0. The van der Waals surface area contributed by atoms with Crippen LogP contribution in [0.15, 0.2) is 47.6 Å². The van der Waals surface area contributed by atoms with Gasteiger partial charge in [-0.05, 0) is 36.4 Å². The molecule has 0 saturated carbocycles. The van der Waals surface area contributed by atoms with Crippen LogP contribution in [0.4, 0.5) is 24.7 Å². The fourth-order valence-corrected chi connectivity index (χ4v) is 4.03. The van der Waals surface area contributed by atoms with Crippen LogP contribution in [0.25, 0.3) is 11.0 Å². The summed E-state index contributed by atoms with van der Waals surface area (Å²) in [6.07, 6.45) is 1.39. The Labute approximate surface area is 176 Å². The van der Waals surface area contributed by atoms with Crippen LogP contribution in [-0.4, -0.2) is 41.9 Å². The number of ether oxygens (including phenoxy) is 1. The maximum atomic E-state index is 14.4. The molecule has 2 aromatic heterocycles. The molecule has 1 saturated heterocycles. The number of alkyl halides is 1. The molecule has 0 amide bonds. The molecule has 0 radical (unpaired) electrons. The second-order valence-corrected chi connectivity index (χ2v) is 7.58. The van der Waals surface area contributed by atoms with Gasteiger partial charge in [-0.1, -0.05) is 0 Å². The molecule has 0 spiro atoms. The average Bonchev–Trinajstić information content (AvgIpc) is 3.17. The van der Waals surface area contributed by atoms with Crippen molar-refractivity contribution >= 4 is 28.6 Å². The fraction of sp³-hybridized carbons (Fsp3) is 0.318. The highest BCUT2D eigenvalue weighted by Crippen LogP contribution is 2.38. The van der Waals surface area contributed by atoms with Gasteiger partial charge in [0.25, 0.3) is 6.02 Å². The van der Waals surface area contributed by atoms with Crippen molar-refractivity contribution in [3.63, 3.8) is 0 Å². The fourth-order valence-electron chi connectivity index (χ4n) is 4.03. The molecule has 4 heterocycles. The zero-order valence-corrected chi connectivity index (χ0v) is 16.6. The smallest absolute Gasteiger partial charge is 0.289 e. The zero-order valence-electron chi connectivity index (χ0n) is 16.6. The number of aromatic nitrogens is 2. The van der Waals surface area contributed by atoms with Gasteiger partial charge >= 0.3 is 0 Å². The first-order valence-corrected chi connectivity index (χ1v) is 10.1. The Kier molecular flexibility index (Phi) is 5.09. The van der Waals surface area contributed by atoms with E-state index in [9.17, 15) is 13.2 Å². The van der Waals surface area contributed by atoms with Gasteiger partial charge in [0, 0.05) is 31.1 Å². The Morgan fingerprint density at radius 3 is 2.87 bits per heavy atom. The van der Waals surface area contributed by atoms with Gasteiger partial charge in [0.15, 0.2) is 0 Å². The Balaban J connectivity index is 1.53. The van der Waals surface area contributed by atoms with Gasteiger partial charge in [-0.3, -0.25) is 4.98 Å². The van der Waals surface area contributed by atoms with E-state index in [2.05, 4.69) is 15.3 Å². The number of anilines is 2. The SMILES string of the molecule is Fc1ccc(F)c(C2C[C@H](F)CN2c2ccc3nccc(NC4=NCCCO4)c3n2)c1. The number of halogens is 3. The molecule has 2 aliphatic rings. The number of pyridine rings is 2. The molecule has 31 heavy (non-hydrogen) atoms. The highest BCUT2D eigenvalue weighted by molar-refractivity contribution is 5.98. The van der Waals surface area contributed by atoms with Crippen molar-refractivity contribution in [1.29, 1.82) is 0 Å². The molecule has 1 aromatic carbocycles. The van der Waals surface area contributed by atoms with E-state index >= 15 is 0 Å². The summed E-state index contributed by atoms with van der Waals surface area (Å²) in [5, 5.41) is 3.13. The number of rotatable bonds is 3. The van der Waals surface area contributed by atoms with Crippen molar-refractivity contribution in [1.82, 2.24) is 9.97 Å². The van der Waals surface area contributed by atoms with Crippen molar-refractivity contribution in [2.45, 2.75) is 25.1 Å². The third-order valence-electron chi connectivity index (χ3n) is 5.47. The van der Waals surface area contributed by atoms with E-state index in [0.29, 0.717) is 41.7 Å². The molecule has 0 bridgehead atoms. The van der Waals surface area contributed by atoms with Gasteiger partial charge in [-0.25, -0.2) is 23.1 Å². The summed E-state index contributed by atoms with van der Waals surface area (Å²) in [5.41, 5.74) is 1.96. The maximum absolute atomic E-state index is 14.4. The van der Waals surface area contributed by atoms with Crippen LogP contribution < -0.4 is 10.2 Å². The Morgan fingerprint density at radius 1 is 1.13 bits per heavy atom. The summed E-state index contributed by atoms with van der Waals surface area (Å²) < 4.78 is 48.1. The Hall–Kier alpha value is -3.36. The van der Waals surface area contributed by atoms with Gasteiger partial charge in [0.05, 0.1) is 30.4 Å². The largest absolute Gasteiger partial charge is 0.465 e. The van der Waals surface area contributed by atoms with Gasteiger partial charge in [-0.15, -0.1) is 0 Å². The molecule has 160 valence electrons. The van der Waals surface area contributed by atoms with E-state index in [4.69, 9.17) is 9.72 Å². The minimum atomic E-state index is -1.18. The number of fused-ring (bicyclic) bond motifs is 1. The number of hydrogen-bond donors (Lipinski definition) is 1. The first-order valence-electron chi connectivity index (χ1n) is 10.1. The number of hydrogen-bond acceptors (Lipinski definition) is 6. The maximum Gasteiger partial charge on any atom is 0.289 e. The van der Waals surface area contributed by atoms with Crippen LogP contribution in [-0.2, 0) is 4.74 Å². The van der Waals surface area contributed by atoms with E-state index in [1.165, 1.54) is 0 Å². The summed E-state index contributed by atoms with van der Waals surface area (Å²) in [5.74, 6) is -0.666. The van der Waals surface area contributed by atoms with Gasteiger partial charge in [-0.2, -0.15) is 0 Å². The number of amidine groups is 1. The highest BCUT2D eigenvalue weighted by Gasteiger charge is 2.36. The van der Waals surface area contributed by atoms with Gasteiger partial charge in [0.2, 0.25) is 0 Å². The zero-order chi connectivity index (χ0) is 21.4. The van der Waals surface area contributed by atoms with E-state index in [-0.39, 0.29) is 18.5 Å². The lowest BCUT2D eigenvalue weighted by atomic mass is 10.0. The molecule has 1 unspecified atom stereocenters. The lowest BCUT2D eigenvalue weighted by Gasteiger charge is -2.26. The van der Waals surface area contributed by atoms with Crippen LogP contribution >= 0.6 is 0 Å². The quantitative estimate of drug-likeness (QED) is 0.672. The molecule has 5 rings (SSSR count). The van der Waals surface area contributed by atoms with Crippen molar-refractivity contribution in [3.05, 3.63) is 59.8 Å². The average molecular weight is 427 g/mol. The van der Waals surface area contributed by atoms with E-state index in [1.807, 2.05) is 0 Å². The van der Waals surface area contributed by atoms with Crippen LogP contribution in [0.1, 0.15) is 24.4 Å². The molecule has 1 fully saturated rings. The van der Waals surface area contributed by atoms with Crippen molar-refractivity contribution < 1.29 is 17.9 Å². The van der Waals surface area contributed by atoms with Crippen LogP contribution in [0.2, 0.25) is 0 Å². The van der Waals surface area contributed by atoms with Gasteiger partial charge < -0.3 is 15.0 Å². The Bertz CT molecular complexity index is 1160. The topological polar surface area (TPSA) is 62.6 Å². The predicted octanol–water partition coefficient (Wildman–Crippen LogP) is 4.39. The molecule has 3 aromatic rings. The predicted molar refractivity (Wildman–Crippen MR) is 112 cm³/mol. The molecule has 6 nitrogen and oxygen atoms in total. The van der Waals surface area contributed by atoms with E-state index in [1.54, 1.807) is 29.3 Å². The number of benzene rings is 1. The number of nitrogens with zero attached hydrogens (tertiary/aromatic N) is 4. The normalized spacial score (nSPS) is 21.1. The van der Waals surface area contributed by atoms with Gasteiger partial charge in [0.1, 0.15) is 29.1 Å². The molecule has 2 aliphatic heterocycles.